The van der Waals surface area contributed by atoms with Gasteiger partial charge in [0.1, 0.15) is 11.6 Å². The van der Waals surface area contributed by atoms with E-state index in [1.165, 1.54) is 6.42 Å². The van der Waals surface area contributed by atoms with Gasteiger partial charge in [-0.25, -0.2) is 0 Å². The van der Waals surface area contributed by atoms with Gasteiger partial charge in [-0.1, -0.05) is 42.0 Å². The van der Waals surface area contributed by atoms with Gasteiger partial charge in [0.05, 0.1) is 12.1 Å². The summed E-state index contributed by atoms with van der Waals surface area (Å²) < 4.78 is 0. The molecule has 32 heavy (non-hydrogen) atoms. The molecule has 0 rings (SSSR count). The number of hydrogen-bond acceptors (Lipinski definition) is 6. The molecule has 10 heteroatoms. The summed E-state index contributed by atoms with van der Waals surface area (Å²) in [6.07, 6.45) is 4.42. The van der Waals surface area contributed by atoms with Crippen molar-refractivity contribution < 1.29 is 9.59 Å². The van der Waals surface area contributed by atoms with Gasteiger partial charge in [-0.15, -0.1) is 0 Å². The summed E-state index contributed by atoms with van der Waals surface area (Å²) in [4.78, 5) is 29.7. The molecule has 2 atom stereocenters. The van der Waals surface area contributed by atoms with Crippen LogP contribution in [0.4, 0.5) is 0 Å². The molecule has 0 bridgehead atoms. The Morgan fingerprint density at radius 3 is 1.38 bits per heavy atom. The molecule has 0 aliphatic heterocycles. The predicted molar refractivity (Wildman–Crippen MR) is 141 cm³/mol. The third-order valence-electron chi connectivity index (χ3n) is 3.67. The molecule has 0 fully saturated rings. The number of likely N-dealkylation sites (N-methyl/N-ethyl adjacent to an activating group) is 2. The molecule has 0 aliphatic rings. The third-order valence-corrected chi connectivity index (χ3v) is 3.67. The first-order valence-electron chi connectivity index (χ1n) is 10.6. The number of nitrogens with one attached hydrogen (secondary N) is 2. The second-order valence-electron chi connectivity index (χ2n) is 6.78. The van der Waals surface area contributed by atoms with Crippen molar-refractivity contribution in [3.63, 3.8) is 0 Å². The summed E-state index contributed by atoms with van der Waals surface area (Å²) in [7, 11) is 1.77. The van der Waals surface area contributed by atoms with E-state index < -0.39 is 0 Å². The van der Waals surface area contributed by atoms with E-state index in [1.54, 1.807) is 20.9 Å². The van der Waals surface area contributed by atoms with Gasteiger partial charge in [0, 0.05) is 13.1 Å². The Morgan fingerprint density at radius 2 is 1.12 bits per heavy atom. The van der Waals surface area contributed by atoms with Gasteiger partial charge in [-0.3, -0.25) is 19.6 Å². The van der Waals surface area contributed by atoms with E-state index >= 15 is 0 Å². The Kier molecular flexibility index (Phi) is 36.2. The van der Waals surface area contributed by atoms with Crippen LogP contribution in [0.5, 0.6) is 0 Å². The van der Waals surface area contributed by atoms with Crippen LogP contribution < -0.4 is 33.6 Å². The number of carbonyl (C=O) groups excluding carboxylic acids is 2. The van der Waals surface area contributed by atoms with Gasteiger partial charge < -0.3 is 33.6 Å². The number of hydrogen-bond donors (Lipinski definition) is 6. The highest BCUT2D eigenvalue weighted by atomic mass is 16.1. The van der Waals surface area contributed by atoms with Crippen LogP contribution >= 0.6 is 0 Å². The van der Waals surface area contributed by atoms with Crippen molar-refractivity contribution in [3.05, 3.63) is 0 Å². The van der Waals surface area contributed by atoms with Crippen molar-refractivity contribution >= 4 is 23.5 Å². The molecule has 0 saturated carbocycles. The zero-order chi connectivity index (χ0) is 23.9. The summed E-state index contributed by atoms with van der Waals surface area (Å²) in [6.45, 7) is 11.3. The molecular weight excluding hydrogens is 408 g/mol. The van der Waals surface area contributed by atoms with Crippen molar-refractivity contribution in [1.82, 2.24) is 10.6 Å². The van der Waals surface area contributed by atoms with Crippen molar-refractivity contribution in [2.45, 2.75) is 93.7 Å². The minimum Gasteiger partial charge on any atom is -0.370 e. The quantitative estimate of drug-likeness (QED) is 0.135. The molecule has 10 N–H and O–H groups in total. The lowest BCUT2D eigenvalue weighted by molar-refractivity contribution is -0.119. The lowest BCUT2D eigenvalue weighted by atomic mass is 10.1. The lowest BCUT2D eigenvalue weighted by Crippen LogP contribution is -2.35. The lowest BCUT2D eigenvalue weighted by Gasteiger charge is -2.13. The second kappa shape index (κ2) is 28.8. The first-order chi connectivity index (χ1) is 14.1. The van der Waals surface area contributed by atoms with Crippen molar-refractivity contribution in [2.24, 2.45) is 32.9 Å². The molecule has 0 amide bonds. The monoisotopic (exact) mass is 462 g/mol. The predicted octanol–water partition coefficient (Wildman–Crippen LogP) is 1.51. The molecule has 0 aromatic rings. The minimum absolute atomic E-state index is 0. The van der Waals surface area contributed by atoms with Gasteiger partial charge in [0.2, 0.25) is 0 Å². The summed E-state index contributed by atoms with van der Waals surface area (Å²) in [6, 6.07) is -0.136. The largest absolute Gasteiger partial charge is 0.370 e. The van der Waals surface area contributed by atoms with Gasteiger partial charge in [0.15, 0.2) is 11.9 Å². The minimum atomic E-state index is -0.0748. The third kappa shape index (κ3) is 32.5. The van der Waals surface area contributed by atoms with Gasteiger partial charge >= 0.3 is 0 Å². The number of Topliss-reactive ketones (excluding diaryl/α,β-unsaturated/α-hetero) is 2. The zero-order valence-electron chi connectivity index (χ0n) is 19.8. The Balaban J connectivity index is -0.000000128. The van der Waals surface area contributed by atoms with E-state index in [1.807, 2.05) is 6.92 Å². The van der Waals surface area contributed by atoms with Gasteiger partial charge in [-0.05, 0) is 53.1 Å². The molecule has 0 radical (unpaired) electrons. The summed E-state index contributed by atoms with van der Waals surface area (Å²) in [5, 5.41) is 6.04. The molecule has 0 saturated heterocycles. The number of carbonyl (C=O) groups is 2. The van der Waals surface area contributed by atoms with Crippen LogP contribution in [-0.4, -0.2) is 62.3 Å². The molecule has 0 unspecified atom stereocenters. The molecule has 0 aromatic heterocycles. The fraction of sp³-hybridized carbons (Fsp3) is 0.818. The molecular formula is C22H54N8O2. The molecule has 0 aliphatic carbocycles. The Morgan fingerprint density at radius 1 is 0.781 bits per heavy atom. The topological polar surface area (TPSA) is 187 Å². The van der Waals surface area contributed by atoms with Crippen molar-refractivity contribution in [2.75, 3.05) is 26.7 Å². The Labute approximate surface area is 197 Å². The molecule has 10 nitrogen and oxygen atoms in total. The highest BCUT2D eigenvalue weighted by Crippen LogP contribution is 1.99. The number of nitrogens with zero attached hydrogens (tertiary/aromatic N) is 2. The molecule has 0 aromatic carbocycles. The maximum Gasteiger partial charge on any atom is 0.185 e. The van der Waals surface area contributed by atoms with E-state index in [0.29, 0.717) is 13.1 Å². The molecule has 194 valence electrons. The highest BCUT2D eigenvalue weighted by molar-refractivity contribution is 5.81. The van der Waals surface area contributed by atoms with Gasteiger partial charge in [-0.2, -0.15) is 0 Å². The molecule has 0 spiro atoms. The van der Waals surface area contributed by atoms with Crippen LogP contribution in [0.15, 0.2) is 9.98 Å². The Bertz CT molecular complexity index is 488. The number of rotatable bonds is 13. The van der Waals surface area contributed by atoms with E-state index in [9.17, 15) is 9.59 Å². The number of ketones is 2. The van der Waals surface area contributed by atoms with Crippen LogP contribution in [0.3, 0.4) is 0 Å². The second-order valence-corrected chi connectivity index (χ2v) is 6.78. The Hall–Kier alpha value is -2.20. The zero-order valence-corrected chi connectivity index (χ0v) is 19.8. The normalized spacial score (nSPS) is 10.8. The number of nitrogens with two attached hydrogens (primary N) is 4. The summed E-state index contributed by atoms with van der Waals surface area (Å²) in [5.74, 6) is 0.514. The first-order valence-corrected chi connectivity index (χ1v) is 10.6. The summed E-state index contributed by atoms with van der Waals surface area (Å²) >= 11 is 0. The summed E-state index contributed by atoms with van der Waals surface area (Å²) in [5.41, 5.74) is 20.6. The average Bonchev–Trinajstić information content (AvgIpc) is 2.64. The van der Waals surface area contributed by atoms with Crippen molar-refractivity contribution in [3.8, 4) is 0 Å². The highest BCUT2D eigenvalue weighted by Gasteiger charge is 2.11. The number of aliphatic imine (C=N–C) groups is 2. The molecule has 0 heterocycles. The van der Waals surface area contributed by atoms with Crippen LogP contribution in [0.1, 0.15) is 81.6 Å². The van der Waals surface area contributed by atoms with Crippen LogP contribution in [0.2, 0.25) is 0 Å². The first kappa shape index (κ1) is 40.2. The maximum atomic E-state index is 11.1. The fourth-order valence-corrected chi connectivity index (χ4v) is 2.25. The van der Waals surface area contributed by atoms with Crippen molar-refractivity contribution in [1.29, 1.82) is 0 Å². The van der Waals surface area contributed by atoms with E-state index in [4.69, 9.17) is 22.9 Å². The van der Waals surface area contributed by atoms with Crippen LogP contribution in [0, 0.1) is 0 Å². The van der Waals surface area contributed by atoms with Crippen LogP contribution in [-0.2, 0) is 9.59 Å². The average molecular weight is 463 g/mol. The number of guanidine groups is 2. The van der Waals surface area contributed by atoms with Gasteiger partial charge in [0.25, 0.3) is 0 Å². The van der Waals surface area contributed by atoms with Crippen LogP contribution in [0.25, 0.3) is 0 Å². The fourth-order valence-electron chi connectivity index (χ4n) is 2.25. The smallest absolute Gasteiger partial charge is 0.185 e. The van der Waals surface area contributed by atoms with E-state index in [2.05, 4.69) is 34.5 Å². The SMILES string of the molecule is C.C.CCC.CCN[C@@H](CCCN=C(N)N)C(C)=O.CN[C@@H](CCCN=C(N)N)C(C)=O. The standard InChI is InChI=1S/C9H20N4O.C8H18N4O.C3H8.2CH4/c1-3-12-8(7(2)14)5-4-6-13-9(10)11;1-6(13)7(11-2)4-3-5-12-8(9)10;1-3-2;;/h8,12H,3-6H2,1-2H3,(H4,10,11,13);7,11H,3-5H2,1-2H3,(H4,9,10,12);3H2,1-2H3;2*1H4/t8-;7-;;;/m00.../s1. The maximum absolute atomic E-state index is 11.1. The van der Waals surface area contributed by atoms with E-state index in [0.717, 1.165) is 32.2 Å². The van der Waals surface area contributed by atoms with E-state index in [-0.39, 0.29) is 50.4 Å².